The van der Waals surface area contributed by atoms with Gasteiger partial charge in [0.15, 0.2) is 17.3 Å². The molecule has 0 radical (unpaired) electrons. The highest BCUT2D eigenvalue weighted by atomic mass is 19.1. The molecule has 1 aliphatic heterocycles. The van der Waals surface area contributed by atoms with Crippen molar-refractivity contribution in [1.29, 1.82) is 0 Å². The summed E-state index contributed by atoms with van der Waals surface area (Å²) < 4.78 is 36.3. The molecule has 2 aromatic carbocycles. The number of hydrogen-bond acceptors (Lipinski definition) is 7. The number of halogens is 1. The molecule has 2 heterocycles. The number of nitrogens with zero attached hydrogens (tertiary/aromatic N) is 3. The number of ether oxygens (including phenoxy) is 3. The molecule has 0 saturated carbocycles. The van der Waals surface area contributed by atoms with E-state index in [-0.39, 0.29) is 5.82 Å². The van der Waals surface area contributed by atoms with E-state index in [1.165, 1.54) is 6.07 Å². The van der Waals surface area contributed by atoms with Crippen LogP contribution in [0.4, 0.5) is 4.39 Å². The molecular formula is C22H24FN3O4. The lowest BCUT2D eigenvalue weighted by Gasteiger charge is -2.32. The standard InChI is InChI=1S/C22H24FN3O4/c1-27-18-8-7-15(13-19(18)28-2)14-20-24-22(30-25-20)21(26-9-11-29-12-10-26)16-5-3-4-6-17(16)23/h3-8,13,21H,9-12,14H2,1-2H3/t21-/m1/s1. The lowest BCUT2D eigenvalue weighted by Crippen LogP contribution is -2.40. The van der Waals surface area contributed by atoms with Crippen LogP contribution in [0.15, 0.2) is 47.0 Å². The van der Waals surface area contributed by atoms with Gasteiger partial charge in [-0.25, -0.2) is 4.39 Å². The Balaban J connectivity index is 1.62. The van der Waals surface area contributed by atoms with Gasteiger partial charge in [0, 0.05) is 25.1 Å². The average molecular weight is 413 g/mol. The number of hydrogen-bond donors (Lipinski definition) is 0. The van der Waals surface area contributed by atoms with E-state index in [9.17, 15) is 4.39 Å². The van der Waals surface area contributed by atoms with Crippen LogP contribution in [0.2, 0.25) is 0 Å². The zero-order chi connectivity index (χ0) is 20.9. The van der Waals surface area contributed by atoms with Gasteiger partial charge in [0.1, 0.15) is 11.9 Å². The minimum atomic E-state index is -0.457. The summed E-state index contributed by atoms with van der Waals surface area (Å²) in [5, 5.41) is 4.14. The first-order valence-corrected chi connectivity index (χ1v) is 9.79. The molecule has 158 valence electrons. The molecule has 0 N–H and O–H groups in total. The van der Waals surface area contributed by atoms with Crippen LogP contribution in [-0.4, -0.2) is 55.6 Å². The van der Waals surface area contributed by atoms with E-state index in [0.29, 0.717) is 61.5 Å². The lowest BCUT2D eigenvalue weighted by molar-refractivity contribution is 0.0174. The first-order valence-electron chi connectivity index (χ1n) is 9.79. The van der Waals surface area contributed by atoms with Crippen LogP contribution >= 0.6 is 0 Å². The Morgan fingerprint density at radius 1 is 1.07 bits per heavy atom. The van der Waals surface area contributed by atoms with Crippen LogP contribution in [0.1, 0.15) is 28.9 Å². The fourth-order valence-electron chi connectivity index (χ4n) is 3.64. The van der Waals surface area contributed by atoms with E-state index in [1.54, 1.807) is 26.4 Å². The monoisotopic (exact) mass is 413 g/mol. The molecule has 1 fully saturated rings. The zero-order valence-corrected chi connectivity index (χ0v) is 17.0. The van der Waals surface area contributed by atoms with Crippen LogP contribution in [0.5, 0.6) is 11.5 Å². The van der Waals surface area contributed by atoms with Crippen LogP contribution in [0, 0.1) is 5.82 Å². The van der Waals surface area contributed by atoms with E-state index in [0.717, 1.165) is 5.56 Å². The second-order valence-corrected chi connectivity index (χ2v) is 6.99. The van der Waals surface area contributed by atoms with Crippen molar-refractivity contribution < 1.29 is 23.1 Å². The second-order valence-electron chi connectivity index (χ2n) is 6.99. The van der Waals surface area contributed by atoms with Crippen LogP contribution in [0.25, 0.3) is 0 Å². The van der Waals surface area contributed by atoms with Crippen molar-refractivity contribution in [2.24, 2.45) is 0 Å². The Morgan fingerprint density at radius 2 is 1.83 bits per heavy atom. The second kappa shape index (κ2) is 9.23. The van der Waals surface area contributed by atoms with Crippen LogP contribution < -0.4 is 9.47 Å². The maximum Gasteiger partial charge on any atom is 0.248 e. The van der Waals surface area contributed by atoms with Gasteiger partial charge in [-0.05, 0) is 23.8 Å². The van der Waals surface area contributed by atoms with Gasteiger partial charge in [-0.3, -0.25) is 4.90 Å². The van der Waals surface area contributed by atoms with Crippen molar-refractivity contribution in [1.82, 2.24) is 15.0 Å². The van der Waals surface area contributed by atoms with Crippen LogP contribution in [-0.2, 0) is 11.2 Å². The molecule has 1 atom stereocenters. The molecule has 3 aromatic rings. The molecule has 0 amide bonds. The molecule has 0 spiro atoms. The number of rotatable bonds is 7. The molecule has 4 rings (SSSR count). The summed E-state index contributed by atoms with van der Waals surface area (Å²) in [6.45, 7) is 2.48. The molecule has 1 saturated heterocycles. The summed E-state index contributed by atoms with van der Waals surface area (Å²) in [6.07, 6.45) is 0.455. The summed E-state index contributed by atoms with van der Waals surface area (Å²) >= 11 is 0. The average Bonchev–Trinajstić information content (AvgIpc) is 3.24. The highest BCUT2D eigenvalue weighted by molar-refractivity contribution is 5.43. The summed E-state index contributed by atoms with van der Waals surface area (Å²) in [4.78, 5) is 6.70. The predicted octanol–water partition coefficient (Wildman–Crippen LogP) is 3.24. The molecule has 1 aromatic heterocycles. The first kappa shape index (κ1) is 20.3. The topological polar surface area (TPSA) is 69.9 Å². The van der Waals surface area contributed by atoms with Crippen molar-refractivity contribution in [3.63, 3.8) is 0 Å². The van der Waals surface area contributed by atoms with Crippen molar-refractivity contribution in [3.8, 4) is 11.5 Å². The minimum Gasteiger partial charge on any atom is -0.493 e. The van der Waals surface area contributed by atoms with E-state index < -0.39 is 6.04 Å². The van der Waals surface area contributed by atoms with E-state index >= 15 is 0 Å². The third kappa shape index (κ3) is 4.29. The molecule has 0 aliphatic carbocycles. The number of benzene rings is 2. The summed E-state index contributed by atoms with van der Waals surface area (Å²) in [6, 6.07) is 11.9. The Bertz CT molecular complexity index is 988. The van der Waals surface area contributed by atoms with Crippen molar-refractivity contribution in [3.05, 3.63) is 71.1 Å². The first-order chi connectivity index (χ1) is 14.7. The quantitative estimate of drug-likeness (QED) is 0.589. The fraction of sp³-hybridized carbons (Fsp3) is 0.364. The summed E-state index contributed by atoms with van der Waals surface area (Å²) in [5.74, 6) is 1.89. The highest BCUT2D eigenvalue weighted by Crippen LogP contribution is 2.31. The molecule has 1 aliphatic rings. The predicted molar refractivity (Wildman–Crippen MR) is 107 cm³/mol. The molecule has 8 heteroatoms. The lowest BCUT2D eigenvalue weighted by atomic mass is 10.0. The van der Waals surface area contributed by atoms with Crippen LogP contribution in [0.3, 0.4) is 0 Å². The normalized spacial score (nSPS) is 15.7. The number of methoxy groups -OCH3 is 2. The molecular weight excluding hydrogens is 389 g/mol. The molecule has 0 bridgehead atoms. The maximum absolute atomic E-state index is 14.6. The fourth-order valence-corrected chi connectivity index (χ4v) is 3.64. The molecule has 7 nitrogen and oxygen atoms in total. The van der Waals surface area contributed by atoms with Crippen molar-refractivity contribution >= 4 is 0 Å². The SMILES string of the molecule is COc1ccc(Cc2noc([C@@H](c3ccccc3F)N3CCOCC3)n2)cc1OC. The Hall–Kier alpha value is -2.97. The van der Waals surface area contributed by atoms with Gasteiger partial charge in [-0.2, -0.15) is 4.98 Å². The largest absolute Gasteiger partial charge is 0.493 e. The number of morpholine rings is 1. The van der Waals surface area contributed by atoms with Crippen molar-refractivity contribution in [2.45, 2.75) is 12.5 Å². The Kier molecular flexibility index (Phi) is 6.25. The van der Waals surface area contributed by atoms with Gasteiger partial charge in [-0.1, -0.05) is 29.4 Å². The summed E-state index contributed by atoms with van der Waals surface area (Å²) in [7, 11) is 3.19. The van der Waals surface area contributed by atoms with Gasteiger partial charge in [0.2, 0.25) is 5.89 Å². The van der Waals surface area contributed by atoms with Crippen molar-refractivity contribution in [2.75, 3.05) is 40.5 Å². The molecule has 0 unspecified atom stereocenters. The highest BCUT2D eigenvalue weighted by Gasteiger charge is 2.31. The van der Waals surface area contributed by atoms with Gasteiger partial charge in [-0.15, -0.1) is 0 Å². The van der Waals surface area contributed by atoms with Gasteiger partial charge >= 0.3 is 0 Å². The van der Waals surface area contributed by atoms with Gasteiger partial charge in [0.05, 0.1) is 27.4 Å². The Morgan fingerprint density at radius 3 is 2.57 bits per heavy atom. The van der Waals surface area contributed by atoms with E-state index in [1.807, 2.05) is 24.3 Å². The van der Waals surface area contributed by atoms with Gasteiger partial charge < -0.3 is 18.7 Å². The third-order valence-corrected chi connectivity index (χ3v) is 5.14. The van der Waals surface area contributed by atoms with E-state index in [4.69, 9.17) is 18.7 Å². The Labute approximate surface area is 174 Å². The summed E-state index contributed by atoms with van der Waals surface area (Å²) in [5.41, 5.74) is 1.47. The zero-order valence-electron chi connectivity index (χ0n) is 17.0. The smallest absolute Gasteiger partial charge is 0.248 e. The van der Waals surface area contributed by atoms with Gasteiger partial charge in [0.25, 0.3) is 0 Å². The minimum absolute atomic E-state index is 0.298. The van der Waals surface area contributed by atoms with E-state index in [2.05, 4.69) is 15.0 Å². The molecule has 30 heavy (non-hydrogen) atoms. The third-order valence-electron chi connectivity index (χ3n) is 5.14. The number of aromatic nitrogens is 2. The maximum atomic E-state index is 14.6.